The summed E-state index contributed by atoms with van der Waals surface area (Å²) < 4.78 is 11.6. The highest BCUT2D eigenvalue weighted by atomic mass is 79.9. The van der Waals surface area contributed by atoms with Crippen molar-refractivity contribution in [3.05, 3.63) is 33.9 Å². The number of hydrogen-bond donors (Lipinski definition) is 0. The second-order valence-electron chi connectivity index (χ2n) is 4.92. The molecule has 1 saturated carbocycles. The first-order valence-corrected chi connectivity index (χ1v) is 7.62. The zero-order chi connectivity index (χ0) is 14.7. The topological polar surface area (TPSA) is 61.6 Å². The van der Waals surface area contributed by atoms with E-state index in [1.807, 2.05) is 19.9 Å². The van der Waals surface area contributed by atoms with Crippen LogP contribution in [-0.2, 0) is 4.74 Å². The average Bonchev–Trinajstić information content (AvgIpc) is 2.40. The van der Waals surface area contributed by atoms with Crippen molar-refractivity contribution in [1.82, 2.24) is 0 Å². The lowest BCUT2D eigenvalue weighted by Crippen LogP contribution is -2.52. The molecule has 110 valence electrons. The summed E-state index contributed by atoms with van der Waals surface area (Å²) in [6.45, 7) is 4.53. The normalized spacial score (nSPS) is 25.1. The summed E-state index contributed by atoms with van der Waals surface area (Å²) in [6, 6.07) is 4.95. The van der Waals surface area contributed by atoms with Gasteiger partial charge in [0.2, 0.25) is 0 Å². The van der Waals surface area contributed by atoms with E-state index in [0.717, 1.165) is 18.4 Å². The molecule has 20 heavy (non-hydrogen) atoms. The minimum Gasteiger partial charge on any atom is -0.480 e. The Morgan fingerprint density at radius 1 is 1.50 bits per heavy atom. The summed E-state index contributed by atoms with van der Waals surface area (Å²) >= 11 is 3.54. The molecule has 0 spiro atoms. The lowest BCUT2D eigenvalue weighted by Gasteiger charge is -2.40. The molecule has 1 aromatic rings. The van der Waals surface area contributed by atoms with Crippen LogP contribution in [0.3, 0.4) is 0 Å². The summed E-state index contributed by atoms with van der Waals surface area (Å²) in [5, 5.41) is 11.1. The molecule has 3 unspecified atom stereocenters. The first-order chi connectivity index (χ1) is 9.54. The van der Waals surface area contributed by atoms with Gasteiger partial charge in [-0.2, -0.15) is 0 Å². The maximum Gasteiger partial charge on any atom is 0.311 e. The maximum atomic E-state index is 11.1. The van der Waals surface area contributed by atoms with Crippen LogP contribution in [0.15, 0.2) is 18.2 Å². The van der Waals surface area contributed by atoms with Crippen LogP contribution in [0.4, 0.5) is 5.69 Å². The van der Waals surface area contributed by atoms with Gasteiger partial charge in [0.15, 0.2) is 5.75 Å². The number of alkyl halides is 1. The quantitative estimate of drug-likeness (QED) is 0.449. The molecule has 6 heteroatoms. The highest BCUT2D eigenvalue weighted by Gasteiger charge is 2.43. The lowest BCUT2D eigenvalue weighted by molar-refractivity contribution is -0.386. The zero-order valence-electron chi connectivity index (χ0n) is 11.5. The van der Waals surface area contributed by atoms with Crippen molar-refractivity contribution in [2.24, 2.45) is 0 Å². The Bertz CT molecular complexity index is 494. The van der Waals surface area contributed by atoms with E-state index < -0.39 is 4.92 Å². The van der Waals surface area contributed by atoms with Crippen LogP contribution in [0.5, 0.6) is 5.75 Å². The van der Waals surface area contributed by atoms with E-state index in [-0.39, 0.29) is 22.7 Å². The number of nitro groups is 1. The van der Waals surface area contributed by atoms with Gasteiger partial charge < -0.3 is 9.47 Å². The highest BCUT2D eigenvalue weighted by Crippen LogP contribution is 2.38. The molecule has 0 heterocycles. The average molecular weight is 344 g/mol. The third-order valence-corrected chi connectivity index (χ3v) is 4.25. The van der Waals surface area contributed by atoms with Gasteiger partial charge in [-0.05, 0) is 18.9 Å². The van der Waals surface area contributed by atoms with Gasteiger partial charge in [-0.3, -0.25) is 10.1 Å². The van der Waals surface area contributed by atoms with Crippen molar-refractivity contribution < 1.29 is 14.4 Å². The number of aryl methyl sites for hydroxylation is 1. The molecule has 0 saturated heterocycles. The molecule has 0 N–H and O–H groups in total. The number of para-hydroxylation sites is 1. The van der Waals surface area contributed by atoms with E-state index in [1.54, 1.807) is 6.07 Å². The van der Waals surface area contributed by atoms with Crippen LogP contribution in [0.25, 0.3) is 0 Å². The van der Waals surface area contributed by atoms with Crippen LogP contribution in [0, 0.1) is 17.0 Å². The van der Waals surface area contributed by atoms with E-state index >= 15 is 0 Å². The number of halogens is 1. The molecule has 3 atom stereocenters. The van der Waals surface area contributed by atoms with Gasteiger partial charge in [-0.15, -0.1) is 0 Å². The minimum absolute atomic E-state index is 0.0114. The van der Waals surface area contributed by atoms with E-state index in [4.69, 9.17) is 9.47 Å². The molecular weight excluding hydrogens is 326 g/mol. The first-order valence-electron chi connectivity index (χ1n) is 6.71. The SMILES string of the molecule is CCCOC1C(Br)CC1Oc1c(C)cccc1[N+](=O)[O-]. The van der Waals surface area contributed by atoms with Crippen molar-refractivity contribution in [2.75, 3.05) is 6.61 Å². The number of ether oxygens (including phenoxy) is 2. The molecular formula is C14H18BrNO4. The fraction of sp³-hybridized carbons (Fsp3) is 0.571. The molecule has 1 fully saturated rings. The second-order valence-corrected chi connectivity index (χ2v) is 6.10. The predicted molar refractivity (Wildman–Crippen MR) is 79.6 cm³/mol. The van der Waals surface area contributed by atoms with Crippen molar-refractivity contribution in [1.29, 1.82) is 0 Å². The monoisotopic (exact) mass is 343 g/mol. The smallest absolute Gasteiger partial charge is 0.311 e. The van der Waals surface area contributed by atoms with Crippen LogP contribution < -0.4 is 4.74 Å². The van der Waals surface area contributed by atoms with Gasteiger partial charge in [0.25, 0.3) is 0 Å². The van der Waals surface area contributed by atoms with Crippen LogP contribution in [0.1, 0.15) is 25.3 Å². The van der Waals surface area contributed by atoms with Gasteiger partial charge in [-0.1, -0.05) is 35.0 Å². The number of rotatable bonds is 6. The van der Waals surface area contributed by atoms with E-state index in [1.165, 1.54) is 6.07 Å². The Balaban J connectivity index is 2.12. The zero-order valence-corrected chi connectivity index (χ0v) is 13.1. The maximum absolute atomic E-state index is 11.1. The van der Waals surface area contributed by atoms with Crippen molar-refractivity contribution in [3.63, 3.8) is 0 Å². The second kappa shape index (κ2) is 6.54. The molecule has 2 rings (SSSR count). The van der Waals surface area contributed by atoms with Crippen LogP contribution in [-0.4, -0.2) is 28.6 Å². The number of nitrogens with zero attached hydrogens (tertiary/aromatic N) is 1. The molecule has 1 aliphatic carbocycles. The molecule has 1 aliphatic rings. The Morgan fingerprint density at radius 2 is 2.25 bits per heavy atom. The fourth-order valence-corrected chi connectivity index (χ4v) is 3.06. The summed E-state index contributed by atoms with van der Waals surface area (Å²) in [4.78, 5) is 10.9. The molecule has 0 radical (unpaired) electrons. The summed E-state index contributed by atoms with van der Waals surface area (Å²) in [7, 11) is 0. The first kappa shape index (κ1) is 15.3. The lowest BCUT2D eigenvalue weighted by atomic mass is 9.91. The fourth-order valence-electron chi connectivity index (χ4n) is 2.19. The van der Waals surface area contributed by atoms with E-state index in [9.17, 15) is 10.1 Å². The van der Waals surface area contributed by atoms with Crippen molar-refractivity contribution in [2.45, 2.75) is 43.7 Å². The molecule has 1 aromatic carbocycles. The Morgan fingerprint density at radius 3 is 2.85 bits per heavy atom. The predicted octanol–water partition coefficient (Wildman–Crippen LogP) is 3.61. The number of benzene rings is 1. The molecule has 0 aliphatic heterocycles. The number of nitro benzene ring substituents is 1. The van der Waals surface area contributed by atoms with Gasteiger partial charge in [0, 0.05) is 23.9 Å². The van der Waals surface area contributed by atoms with Gasteiger partial charge >= 0.3 is 5.69 Å². The van der Waals surface area contributed by atoms with Gasteiger partial charge in [-0.25, -0.2) is 0 Å². The van der Waals surface area contributed by atoms with Crippen LogP contribution in [0.2, 0.25) is 0 Å². The highest BCUT2D eigenvalue weighted by molar-refractivity contribution is 9.09. The Hall–Kier alpha value is -1.14. The van der Waals surface area contributed by atoms with Crippen LogP contribution >= 0.6 is 15.9 Å². The van der Waals surface area contributed by atoms with Crippen molar-refractivity contribution >= 4 is 21.6 Å². The molecule has 0 amide bonds. The van der Waals surface area contributed by atoms with Gasteiger partial charge in [0.1, 0.15) is 12.2 Å². The summed E-state index contributed by atoms with van der Waals surface area (Å²) in [5.74, 6) is 0.354. The summed E-state index contributed by atoms with van der Waals surface area (Å²) in [5.41, 5.74) is 0.781. The minimum atomic E-state index is -0.408. The van der Waals surface area contributed by atoms with E-state index in [2.05, 4.69) is 15.9 Å². The van der Waals surface area contributed by atoms with Crippen molar-refractivity contribution in [3.8, 4) is 5.75 Å². The van der Waals surface area contributed by atoms with E-state index in [0.29, 0.717) is 12.4 Å². The third-order valence-electron chi connectivity index (χ3n) is 3.35. The summed E-state index contributed by atoms with van der Waals surface area (Å²) in [6.07, 6.45) is 1.55. The Kier molecular flexibility index (Phi) is 4.99. The number of hydrogen-bond acceptors (Lipinski definition) is 4. The van der Waals surface area contributed by atoms with Gasteiger partial charge in [0.05, 0.1) is 4.92 Å². The molecule has 0 aromatic heterocycles. The molecule has 5 nitrogen and oxygen atoms in total. The molecule has 0 bridgehead atoms. The Labute approximate surface area is 126 Å². The largest absolute Gasteiger partial charge is 0.480 e. The third kappa shape index (κ3) is 3.12. The standard InChI is InChI=1S/C14H18BrNO4/c1-3-7-19-14-10(15)8-12(14)20-13-9(2)5-4-6-11(13)16(17)18/h4-6,10,12,14H,3,7-8H2,1-2H3.